The van der Waals surface area contributed by atoms with E-state index in [-0.39, 0.29) is 30.3 Å². The van der Waals surface area contributed by atoms with Gasteiger partial charge in [0.05, 0.1) is 6.54 Å². The number of thiazole rings is 1. The van der Waals surface area contributed by atoms with Gasteiger partial charge in [0, 0.05) is 40.7 Å². The lowest BCUT2D eigenvalue weighted by Crippen LogP contribution is -2.49. The number of hydrogen-bond acceptors (Lipinski definition) is 6. The zero-order chi connectivity index (χ0) is 31.2. The Kier molecular flexibility index (Phi) is 14.0. The van der Waals surface area contributed by atoms with Crippen LogP contribution in [-0.2, 0) is 16.1 Å². The van der Waals surface area contributed by atoms with Gasteiger partial charge in [0.1, 0.15) is 6.04 Å². The van der Waals surface area contributed by atoms with Crippen LogP contribution in [0, 0.1) is 5.92 Å². The summed E-state index contributed by atoms with van der Waals surface area (Å²) in [7, 11) is 0. The van der Waals surface area contributed by atoms with Crippen molar-refractivity contribution in [3.05, 3.63) is 81.8 Å². The second-order valence-corrected chi connectivity index (χ2v) is 12.6. The Bertz CT molecular complexity index is 1300. The zero-order valence-electron chi connectivity index (χ0n) is 25.5. The highest BCUT2D eigenvalue weighted by Crippen LogP contribution is 2.34. The molecule has 1 aliphatic carbocycles. The largest absolute Gasteiger partial charge is 0.357 e. The smallest absolute Gasteiger partial charge is 0.251 e. The van der Waals surface area contributed by atoms with Gasteiger partial charge in [0.15, 0.2) is 5.13 Å². The van der Waals surface area contributed by atoms with Gasteiger partial charge < -0.3 is 21.3 Å². The van der Waals surface area contributed by atoms with Crippen molar-refractivity contribution < 1.29 is 14.4 Å². The lowest BCUT2D eigenvalue weighted by atomic mass is 9.80. The molecule has 3 amide bonds. The first kappa shape index (κ1) is 34.1. The van der Waals surface area contributed by atoms with Crippen LogP contribution in [0.1, 0.15) is 87.2 Å². The minimum atomic E-state index is -0.796. The Balaban J connectivity index is 0.000000934. The minimum Gasteiger partial charge on any atom is -0.357 e. The molecule has 2 aromatic carbocycles. The average Bonchev–Trinajstić information content (AvgIpc) is 3.53. The summed E-state index contributed by atoms with van der Waals surface area (Å²) in [4.78, 5) is 42.0. The van der Waals surface area contributed by atoms with Crippen LogP contribution in [0.25, 0.3) is 0 Å². The number of nitrogens with one attached hydrogen (secondary N) is 4. The topological polar surface area (TPSA) is 112 Å². The molecule has 10 heteroatoms. The van der Waals surface area contributed by atoms with Crippen LogP contribution in [0.3, 0.4) is 0 Å². The highest BCUT2D eigenvalue weighted by Gasteiger charge is 2.28. The van der Waals surface area contributed by atoms with Gasteiger partial charge in [-0.05, 0) is 61.1 Å². The zero-order valence-corrected chi connectivity index (χ0v) is 27.1. The van der Waals surface area contributed by atoms with Crippen molar-refractivity contribution in [2.45, 2.75) is 84.3 Å². The monoisotopic (exact) mass is 625 g/mol. The normalized spacial score (nSPS) is 16.8. The first-order valence-electron chi connectivity index (χ1n) is 15.0. The Hall–Kier alpha value is -3.43. The third kappa shape index (κ3) is 11.6. The summed E-state index contributed by atoms with van der Waals surface area (Å²) in [6.07, 6.45) is 7.04. The maximum absolute atomic E-state index is 12.6. The van der Waals surface area contributed by atoms with E-state index in [0.717, 1.165) is 47.9 Å². The lowest BCUT2D eigenvalue weighted by Gasteiger charge is -2.32. The molecule has 0 spiro atoms. The fourth-order valence-corrected chi connectivity index (χ4v) is 5.35. The van der Waals surface area contributed by atoms with Gasteiger partial charge in [-0.3, -0.25) is 14.4 Å². The molecule has 3 aromatic rings. The summed E-state index contributed by atoms with van der Waals surface area (Å²) in [5.74, 6) is 0.0403. The van der Waals surface area contributed by atoms with Gasteiger partial charge in [0.2, 0.25) is 11.8 Å². The lowest BCUT2D eigenvalue weighted by molar-refractivity contribution is -0.127. The third-order valence-corrected chi connectivity index (χ3v) is 8.43. The Morgan fingerprint density at radius 2 is 1.77 bits per heavy atom. The van der Waals surface area contributed by atoms with E-state index in [1.807, 2.05) is 41.8 Å². The number of nitrogens with zero attached hydrogens (tertiary/aromatic N) is 1. The van der Waals surface area contributed by atoms with E-state index in [4.69, 9.17) is 11.6 Å². The standard InChI is InChI=1S/C28H32ClN5O3S.C5H12/c1-18(33-27(37)20-11-9-19(10-12-20)16-32-28-30-13-14-38-28)26(36)31-17-25(35)34-24-8-3-2-7-23(24)21-5-4-6-22(29)15-21;1-4-5(2)3/h4-6,9-15,18,23-24H,2-3,7-8,16-17H2,1H3,(H,30,32)(H,31,36)(H,33,37)(H,34,35);5H,4H2,1-3H3/t18?,23?,24-;/m1./s1. The molecular formula is C33H44ClN5O3S. The molecule has 0 saturated heterocycles. The molecule has 1 saturated carbocycles. The molecule has 1 aliphatic rings. The fourth-order valence-electron chi connectivity index (χ4n) is 4.63. The molecule has 0 bridgehead atoms. The number of rotatable bonds is 11. The van der Waals surface area contributed by atoms with Crippen molar-refractivity contribution in [2.75, 3.05) is 11.9 Å². The maximum Gasteiger partial charge on any atom is 0.251 e. The van der Waals surface area contributed by atoms with Gasteiger partial charge in [-0.2, -0.15) is 0 Å². The quantitative estimate of drug-likeness (QED) is 0.193. The van der Waals surface area contributed by atoms with Crippen LogP contribution < -0.4 is 21.3 Å². The molecular weight excluding hydrogens is 582 g/mol. The molecule has 1 fully saturated rings. The highest BCUT2D eigenvalue weighted by molar-refractivity contribution is 7.13. The van der Waals surface area contributed by atoms with Crippen LogP contribution in [0.4, 0.5) is 5.13 Å². The molecule has 3 atom stereocenters. The van der Waals surface area contributed by atoms with Crippen molar-refractivity contribution in [3.8, 4) is 0 Å². The molecule has 8 nitrogen and oxygen atoms in total. The van der Waals surface area contributed by atoms with E-state index < -0.39 is 11.9 Å². The molecule has 0 aliphatic heterocycles. The second kappa shape index (κ2) is 17.6. The summed E-state index contributed by atoms with van der Waals surface area (Å²) >= 11 is 7.69. The average molecular weight is 626 g/mol. The molecule has 43 heavy (non-hydrogen) atoms. The number of aromatic nitrogens is 1. The predicted molar refractivity (Wildman–Crippen MR) is 176 cm³/mol. The molecule has 0 radical (unpaired) electrons. The molecule has 2 unspecified atom stereocenters. The van der Waals surface area contributed by atoms with Crippen LogP contribution in [0.5, 0.6) is 0 Å². The van der Waals surface area contributed by atoms with Gasteiger partial charge in [-0.15, -0.1) is 11.3 Å². The highest BCUT2D eigenvalue weighted by atomic mass is 35.5. The second-order valence-electron chi connectivity index (χ2n) is 11.2. The van der Waals surface area contributed by atoms with E-state index in [9.17, 15) is 14.4 Å². The molecule has 4 rings (SSSR count). The summed E-state index contributed by atoms with van der Waals surface area (Å²) in [5, 5.41) is 15.0. The van der Waals surface area contributed by atoms with Crippen LogP contribution in [-0.4, -0.2) is 41.3 Å². The fraction of sp³-hybridized carbons (Fsp3) is 0.455. The van der Waals surface area contributed by atoms with Gasteiger partial charge in [-0.25, -0.2) is 4.98 Å². The number of halogens is 1. The van der Waals surface area contributed by atoms with Gasteiger partial charge in [-0.1, -0.05) is 75.9 Å². The van der Waals surface area contributed by atoms with Crippen molar-refractivity contribution in [1.29, 1.82) is 0 Å². The molecule has 4 N–H and O–H groups in total. The van der Waals surface area contributed by atoms with Crippen molar-refractivity contribution >= 4 is 45.8 Å². The maximum atomic E-state index is 12.6. The van der Waals surface area contributed by atoms with Crippen LogP contribution in [0.2, 0.25) is 5.02 Å². The van der Waals surface area contributed by atoms with Crippen molar-refractivity contribution in [2.24, 2.45) is 5.92 Å². The van der Waals surface area contributed by atoms with E-state index in [1.165, 1.54) is 17.8 Å². The van der Waals surface area contributed by atoms with Crippen molar-refractivity contribution in [1.82, 2.24) is 20.9 Å². The predicted octanol–water partition coefficient (Wildman–Crippen LogP) is 6.54. The van der Waals surface area contributed by atoms with E-state index >= 15 is 0 Å². The number of hydrogen-bond donors (Lipinski definition) is 4. The summed E-state index contributed by atoms with van der Waals surface area (Å²) in [6.45, 7) is 8.67. The molecule has 1 heterocycles. The van der Waals surface area contributed by atoms with E-state index in [2.05, 4.69) is 47.0 Å². The van der Waals surface area contributed by atoms with Crippen molar-refractivity contribution in [3.63, 3.8) is 0 Å². The van der Waals surface area contributed by atoms with Gasteiger partial charge >= 0.3 is 0 Å². The number of carbonyl (C=O) groups excluding carboxylic acids is 3. The summed E-state index contributed by atoms with van der Waals surface area (Å²) in [6, 6.07) is 14.1. The number of carbonyl (C=O) groups is 3. The Morgan fingerprint density at radius 1 is 1.05 bits per heavy atom. The number of anilines is 1. The Morgan fingerprint density at radius 3 is 2.42 bits per heavy atom. The van der Waals surface area contributed by atoms with Crippen LogP contribution >= 0.6 is 22.9 Å². The first-order valence-corrected chi connectivity index (χ1v) is 16.3. The minimum absolute atomic E-state index is 0.0107. The SMILES string of the molecule is CC(NC(=O)c1ccc(CNc2nccs2)cc1)C(=O)NCC(=O)N[C@@H]1CCCCC1c1cccc(Cl)c1.CCC(C)C. The van der Waals surface area contributed by atoms with Crippen LogP contribution in [0.15, 0.2) is 60.1 Å². The number of amides is 3. The Labute approximate surface area is 264 Å². The molecule has 232 valence electrons. The third-order valence-electron chi connectivity index (χ3n) is 7.46. The summed E-state index contributed by atoms with van der Waals surface area (Å²) in [5.41, 5.74) is 2.57. The summed E-state index contributed by atoms with van der Waals surface area (Å²) < 4.78 is 0. The number of benzene rings is 2. The van der Waals surface area contributed by atoms with Gasteiger partial charge in [0.25, 0.3) is 5.91 Å². The van der Waals surface area contributed by atoms with E-state index in [1.54, 1.807) is 25.3 Å². The molecule has 1 aromatic heterocycles. The first-order chi connectivity index (χ1) is 20.7. The van der Waals surface area contributed by atoms with E-state index in [0.29, 0.717) is 17.1 Å².